The van der Waals surface area contributed by atoms with Crippen LogP contribution in [0.3, 0.4) is 0 Å². The van der Waals surface area contributed by atoms with Gasteiger partial charge in [0.1, 0.15) is 4.32 Å². The van der Waals surface area contributed by atoms with Gasteiger partial charge in [-0.2, -0.15) is 0 Å². The summed E-state index contributed by atoms with van der Waals surface area (Å²) >= 11 is 12.5. The minimum atomic E-state index is -0.464. The van der Waals surface area contributed by atoms with Gasteiger partial charge in [0, 0.05) is 35.9 Å². The van der Waals surface area contributed by atoms with Crippen LogP contribution in [-0.4, -0.2) is 38.5 Å². The predicted molar refractivity (Wildman–Crippen MR) is 116 cm³/mol. The van der Waals surface area contributed by atoms with Crippen molar-refractivity contribution in [1.29, 1.82) is 0 Å². The number of nitrogens with one attached hydrogen (secondary N) is 2. The van der Waals surface area contributed by atoms with Gasteiger partial charge in [0.2, 0.25) is 5.91 Å². The molecule has 1 aromatic heterocycles. The Bertz CT molecular complexity index is 998. The first kappa shape index (κ1) is 21.0. The first-order chi connectivity index (χ1) is 14.0. The van der Waals surface area contributed by atoms with E-state index in [1.807, 2.05) is 6.07 Å². The second-order valence-electron chi connectivity index (χ2n) is 5.84. The molecule has 1 aliphatic heterocycles. The number of halogens is 1. The molecule has 1 aromatic carbocycles. The Labute approximate surface area is 181 Å². The number of thiocarbonyl (C=S) groups is 1. The van der Waals surface area contributed by atoms with Crippen molar-refractivity contribution in [2.24, 2.45) is 0 Å². The topological polar surface area (TPSA) is 91.4 Å². The van der Waals surface area contributed by atoms with Crippen molar-refractivity contribution in [3.05, 3.63) is 69.8 Å². The number of rotatable bonds is 5. The smallest absolute Gasteiger partial charge is 0.269 e. The maximum atomic E-state index is 12.6. The van der Waals surface area contributed by atoms with Crippen LogP contribution in [0.5, 0.6) is 0 Å². The van der Waals surface area contributed by atoms with Crippen molar-refractivity contribution < 1.29 is 14.4 Å². The van der Waals surface area contributed by atoms with E-state index < -0.39 is 11.8 Å². The van der Waals surface area contributed by atoms with Crippen LogP contribution >= 0.6 is 35.6 Å². The molecule has 0 atom stereocenters. The Balaban J connectivity index is 1.53. The molecule has 29 heavy (non-hydrogen) atoms. The Hall–Kier alpha value is -2.75. The lowest BCUT2D eigenvalue weighted by molar-refractivity contribution is -0.124. The molecule has 1 saturated heterocycles. The number of carbonyl (C=O) groups is 3. The van der Waals surface area contributed by atoms with Gasteiger partial charge < -0.3 is 0 Å². The van der Waals surface area contributed by atoms with Gasteiger partial charge in [-0.05, 0) is 29.8 Å². The van der Waals surface area contributed by atoms with Gasteiger partial charge in [-0.1, -0.05) is 53.8 Å². The number of carbonyl (C=O) groups excluding carboxylic acids is 3. The van der Waals surface area contributed by atoms with Gasteiger partial charge in [-0.25, -0.2) is 0 Å². The summed E-state index contributed by atoms with van der Waals surface area (Å²) in [6.07, 6.45) is 4.60. The first-order valence-electron chi connectivity index (χ1n) is 8.45. The Morgan fingerprint density at radius 2 is 1.90 bits per heavy atom. The van der Waals surface area contributed by atoms with Gasteiger partial charge in [-0.15, -0.1) is 0 Å². The molecule has 3 rings (SSSR count). The van der Waals surface area contributed by atoms with Gasteiger partial charge in [0.05, 0.1) is 4.91 Å². The number of benzene rings is 1. The van der Waals surface area contributed by atoms with Crippen LogP contribution in [0, 0.1) is 0 Å². The molecule has 3 amide bonds. The normalized spacial score (nSPS) is 14.9. The van der Waals surface area contributed by atoms with Gasteiger partial charge in [-0.3, -0.25) is 35.1 Å². The number of hydrazine groups is 1. The zero-order valence-corrected chi connectivity index (χ0v) is 17.3. The number of amides is 3. The van der Waals surface area contributed by atoms with Crippen molar-refractivity contribution >= 4 is 63.7 Å². The molecule has 7 nitrogen and oxygen atoms in total. The van der Waals surface area contributed by atoms with Crippen LogP contribution in [0.4, 0.5) is 0 Å². The summed E-state index contributed by atoms with van der Waals surface area (Å²) in [6, 6.07) is 10.2. The zero-order chi connectivity index (χ0) is 20.8. The van der Waals surface area contributed by atoms with Crippen LogP contribution in [0.1, 0.15) is 22.3 Å². The summed E-state index contributed by atoms with van der Waals surface area (Å²) in [7, 11) is 0. The van der Waals surface area contributed by atoms with Crippen LogP contribution in [0.2, 0.25) is 5.02 Å². The fraction of sp³-hybridized carbons (Fsp3) is 0.105. The summed E-state index contributed by atoms with van der Waals surface area (Å²) in [6.45, 7) is 0.0987. The number of pyridine rings is 1. The molecule has 0 unspecified atom stereocenters. The minimum absolute atomic E-state index is 0.0254. The molecule has 0 spiro atoms. The van der Waals surface area contributed by atoms with Crippen molar-refractivity contribution in [1.82, 2.24) is 20.7 Å². The van der Waals surface area contributed by atoms with Crippen molar-refractivity contribution in [3.8, 4) is 0 Å². The predicted octanol–water partition coefficient (Wildman–Crippen LogP) is 2.79. The summed E-state index contributed by atoms with van der Waals surface area (Å²) < 4.78 is 0.363. The average Bonchev–Trinajstić information content (AvgIpc) is 2.99. The monoisotopic (exact) mass is 446 g/mol. The summed E-state index contributed by atoms with van der Waals surface area (Å²) in [5.41, 5.74) is 5.70. The Kier molecular flexibility index (Phi) is 6.97. The molecule has 1 aliphatic rings. The molecule has 2 heterocycles. The van der Waals surface area contributed by atoms with Crippen molar-refractivity contribution in [2.75, 3.05) is 6.54 Å². The van der Waals surface area contributed by atoms with Crippen LogP contribution in [0.15, 0.2) is 53.7 Å². The molecule has 2 N–H and O–H groups in total. The number of thioether (sulfide) groups is 1. The van der Waals surface area contributed by atoms with Crippen LogP contribution in [-0.2, 0) is 9.59 Å². The van der Waals surface area contributed by atoms with E-state index in [1.54, 1.807) is 24.3 Å². The van der Waals surface area contributed by atoms with E-state index in [-0.39, 0.29) is 18.9 Å². The van der Waals surface area contributed by atoms with E-state index in [1.165, 1.54) is 29.4 Å². The molecule has 0 radical (unpaired) electrons. The van der Waals surface area contributed by atoms with E-state index in [2.05, 4.69) is 15.8 Å². The van der Waals surface area contributed by atoms with Gasteiger partial charge >= 0.3 is 0 Å². The van der Waals surface area contributed by atoms with Crippen molar-refractivity contribution in [3.63, 3.8) is 0 Å². The molecular weight excluding hydrogens is 432 g/mol. The number of hydrogen-bond acceptors (Lipinski definition) is 6. The highest BCUT2D eigenvalue weighted by atomic mass is 35.5. The number of nitrogens with zero attached hydrogens (tertiary/aromatic N) is 2. The third-order valence-electron chi connectivity index (χ3n) is 3.89. The number of hydrogen-bond donors (Lipinski definition) is 2. The lowest BCUT2D eigenvalue weighted by atomic mass is 10.2. The summed E-state index contributed by atoms with van der Waals surface area (Å²) in [4.78, 5) is 42.1. The van der Waals surface area contributed by atoms with E-state index in [4.69, 9.17) is 23.8 Å². The molecule has 0 bridgehead atoms. The highest BCUT2D eigenvalue weighted by molar-refractivity contribution is 8.26. The highest BCUT2D eigenvalue weighted by Crippen LogP contribution is 2.33. The van der Waals surface area contributed by atoms with Crippen LogP contribution < -0.4 is 10.9 Å². The molecule has 2 aromatic rings. The lowest BCUT2D eigenvalue weighted by Crippen LogP contribution is -2.43. The third-order valence-corrected chi connectivity index (χ3v) is 5.61. The fourth-order valence-corrected chi connectivity index (χ4v) is 3.89. The van der Waals surface area contributed by atoms with E-state index in [9.17, 15) is 14.4 Å². The quantitative estimate of drug-likeness (QED) is 0.417. The standard InChI is InChI=1S/C19H15ClN4O3S2/c20-14-4-2-1-3-13(14)11-15-18(27)24(19(28)29-15)10-7-16(25)22-23-17(26)12-5-8-21-9-6-12/h1-6,8-9,11H,7,10H2,(H,22,25)(H,23,26). The Morgan fingerprint density at radius 1 is 1.17 bits per heavy atom. The summed E-state index contributed by atoms with van der Waals surface area (Å²) in [5, 5.41) is 0.530. The summed E-state index contributed by atoms with van der Waals surface area (Å²) in [5.74, 6) is -1.20. The SMILES string of the molecule is O=C(CCN1C(=O)C(=Cc2ccccc2Cl)SC1=S)NNC(=O)c1ccncc1. The van der Waals surface area contributed by atoms with Gasteiger partial charge in [0.15, 0.2) is 0 Å². The molecular formula is C19H15ClN4O3S2. The molecule has 10 heteroatoms. The van der Waals surface area contributed by atoms with Crippen LogP contribution in [0.25, 0.3) is 6.08 Å². The van der Waals surface area contributed by atoms with Crippen molar-refractivity contribution in [2.45, 2.75) is 6.42 Å². The average molecular weight is 447 g/mol. The zero-order valence-electron chi connectivity index (χ0n) is 14.9. The number of aromatic nitrogens is 1. The maximum Gasteiger partial charge on any atom is 0.269 e. The Morgan fingerprint density at radius 3 is 2.62 bits per heavy atom. The molecule has 1 fully saturated rings. The third kappa shape index (κ3) is 5.41. The maximum absolute atomic E-state index is 12.6. The highest BCUT2D eigenvalue weighted by Gasteiger charge is 2.32. The van der Waals surface area contributed by atoms with E-state index >= 15 is 0 Å². The second-order valence-corrected chi connectivity index (χ2v) is 7.93. The van der Waals surface area contributed by atoms with Gasteiger partial charge in [0.25, 0.3) is 11.8 Å². The molecule has 0 aliphatic carbocycles. The van der Waals surface area contributed by atoms with E-state index in [0.717, 1.165) is 11.8 Å². The van der Waals surface area contributed by atoms with E-state index in [0.29, 0.717) is 25.4 Å². The minimum Gasteiger partial charge on any atom is -0.292 e. The largest absolute Gasteiger partial charge is 0.292 e. The molecule has 148 valence electrons. The second kappa shape index (κ2) is 9.64. The first-order valence-corrected chi connectivity index (χ1v) is 10.0. The lowest BCUT2D eigenvalue weighted by Gasteiger charge is -2.14. The fourth-order valence-electron chi connectivity index (χ4n) is 2.40. The molecule has 0 saturated carbocycles.